The van der Waals surface area contributed by atoms with Crippen LogP contribution in [0, 0.1) is 10.1 Å². The normalized spacial score (nSPS) is 11.5. The van der Waals surface area contributed by atoms with Gasteiger partial charge in [0.25, 0.3) is 5.69 Å². The van der Waals surface area contributed by atoms with E-state index >= 15 is 0 Å². The van der Waals surface area contributed by atoms with Crippen molar-refractivity contribution in [2.45, 2.75) is 11.8 Å². The number of benzene rings is 3. The van der Waals surface area contributed by atoms with E-state index in [0.717, 1.165) is 11.1 Å². The van der Waals surface area contributed by atoms with E-state index in [0.29, 0.717) is 0 Å². The largest absolute Gasteiger partial charge is 0.288 e. The zero-order chi connectivity index (χ0) is 20.1. The van der Waals surface area contributed by atoms with Gasteiger partial charge in [0.1, 0.15) is 5.02 Å². The first-order valence-electron chi connectivity index (χ1n) is 8.38. The van der Waals surface area contributed by atoms with Crippen LogP contribution in [-0.4, -0.2) is 13.3 Å². The molecule has 0 atom stereocenters. The molecule has 1 N–H and O–H groups in total. The lowest BCUT2D eigenvalue weighted by Crippen LogP contribution is -2.30. The van der Waals surface area contributed by atoms with Crippen LogP contribution < -0.4 is 4.72 Å². The van der Waals surface area contributed by atoms with Gasteiger partial charge in [-0.3, -0.25) is 10.1 Å². The summed E-state index contributed by atoms with van der Waals surface area (Å²) in [6.07, 6.45) is 0. The van der Waals surface area contributed by atoms with E-state index < -0.39 is 26.7 Å². The molecule has 0 unspecified atom stereocenters. The van der Waals surface area contributed by atoms with E-state index in [1.807, 2.05) is 60.7 Å². The highest BCUT2D eigenvalue weighted by molar-refractivity contribution is 7.88. The Morgan fingerprint density at radius 2 is 1.46 bits per heavy atom. The van der Waals surface area contributed by atoms with Crippen molar-refractivity contribution >= 4 is 27.3 Å². The lowest BCUT2D eigenvalue weighted by atomic mass is 10.00. The molecule has 0 heterocycles. The van der Waals surface area contributed by atoms with Gasteiger partial charge in [-0.15, -0.1) is 0 Å². The second-order valence-corrected chi connectivity index (χ2v) is 8.34. The summed E-state index contributed by atoms with van der Waals surface area (Å²) in [4.78, 5) is 10.4. The maximum atomic E-state index is 12.8. The average molecular weight is 417 g/mol. The second kappa shape index (κ2) is 8.52. The summed E-state index contributed by atoms with van der Waals surface area (Å²) in [5, 5.41) is 11.0. The first-order valence-corrected chi connectivity index (χ1v) is 10.4. The van der Waals surface area contributed by atoms with Gasteiger partial charge in [0.15, 0.2) is 0 Å². The summed E-state index contributed by atoms with van der Waals surface area (Å²) in [5.41, 5.74) is 1.54. The van der Waals surface area contributed by atoms with Gasteiger partial charge < -0.3 is 0 Å². The molecule has 0 fully saturated rings. The topological polar surface area (TPSA) is 89.3 Å². The van der Waals surface area contributed by atoms with Gasteiger partial charge in [-0.2, -0.15) is 0 Å². The van der Waals surface area contributed by atoms with Crippen molar-refractivity contribution < 1.29 is 13.3 Å². The highest BCUT2D eigenvalue weighted by atomic mass is 35.5. The number of sulfonamides is 1. The highest BCUT2D eigenvalue weighted by Gasteiger charge is 2.23. The Kier molecular flexibility index (Phi) is 6.08. The fourth-order valence-electron chi connectivity index (χ4n) is 2.85. The standard InChI is InChI=1S/C20H17ClN2O4S/c21-18-12-11-15(13-19(18)23(24)25)14-28(26,27)22-20(16-7-3-1-4-8-16)17-9-5-2-6-10-17/h1-13,20,22H,14H2. The molecule has 144 valence electrons. The van der Waals surface area contributed by atoms with Gasteiger partial charge in [0.05, 0.1) is 16.7 Å². The molecule has 8 heteroatoms. The molecule has 0 aliphatic carbocycles. The Morgan fingerprint density at radius 3 is 1.96 bits per heavy atom. The summed E-state index contributed by atoms with van der Waals surface area (Å²) in [7, 11) is -3.80. The number of nitrogens with zero attached hydrogens (tertiary/aromatic N) is 1. The minimum absolute atomic E-state index is 0.0365. The molecule has 0 spiro atoms. The van der Waals surface area contributed by atoms with E-state index in [1.54, 1.807) is 0 Å². The smallest absolute Gasteiger partial charge is 0.258 e. The Morgan fingerprint density at radius 1 is 0.929 bits per heavy atom. The average Bonchev–Trinajstić information content (AvgIpc) is 2.68. The predicted octanol–water partition coefficient (Wildman–Crippen LogP) is 4.46. The number of nitrogens with one attached hydrogen (secondary N) is 1. The highest BCUT2D eigenvalue weighted by Crippen LogP contribution is 2.27. The second-order valence-electron chi connectivity index (χ2n) is 6.17. The van der Waals surface area contributed by atoms with Crippen molar-refractivity contribution in [1.29, 1.82) is 0 Å². The first-order chi connectivity index (χ1) is 13.4. The monoisotopic (exact) mass is 416 g/mol. The van der Waals surface area contributed by atoms with E-state index in [4.69, 9.17) is 11.6 Å². The SMILES string of the molecule is O=[N+]([O-])c1cc(CS(=O)(=O)NC(c2ccccc2)c2ccccc2)ccc1Cl. The first kappa shape index (κ1) is 20.0. The Hall–Kier alpha value is -2.74. The molecule has 6 nitrogen and oxygen atoms in total. The molecule has 0 saturated carbocycles. The number of nitro benzene ring substituents is 1. The van der Waals surface area contributed by atoms with E-state index in [2.05, 4.69) is 4.72 Å². The molecule has 0 aliphatic heterocycles. The van der Waals surface area contributed by atoms with Crippen LogP contribution >= 0.6 is 11.6 Å². The molecule has 3 aromatic carbocycles. The number of hydrogen-bond acceptors (Lipinski definition) is 4. The van der Waals surface area contributed by atoms with Crippen molar-refractivity contribution in [2.24, 2.45) is 0 Å². The van der Waals surface area contributed by atoms with Gasteiger partial charge in [-0.05, 0) is 22.8 Å². The van der Waals surface area contributed by atoms with Gasteiger partial charge >= 0.3 is 0 Å². The summed E-state index contributed by atoms with van der Waals surface area (Å²) < 4.78 is 28.3. The minimum Gasteiger partial charge on any atom is -0.258 e. The maximum absolute atomic E-state index is 12.8. The third-order valence-electron chi connectivity index (χ3n) is 4.13. The van der Waals surface area contributed by atoms with Crippen molar-refractivity contribution in [3.63, 3.8) is 0 Å². The molecule has 0 aliphatic rings. The summed E-state index contributed by atoms with van der Waals surface area (Å²) in [6, 6.07) is 21.8. The molecule has 0 bridgehead atoms. The van der Waals surface area contributed by atoms with Crippen LogP contribution in [0.5, 0.6) is 0 Å². The minimum atomic E-state index is -3.80. The molecular formula is C20H17ClN2O4S. The number of halogens is 1. The Labute approximate surface area is 168 Å². The van der Waals surface area contributed by atoms with Crippen molar-refractivity contribution in [3.05, 3.63) is 111 Å². The fourth-order valence-corrected chi connectivity index (χ4v) is 4.37. The van der Waals surface area contributed by atoms with E-state index in [-0.39, 0.29) is 16.3 Å². The fraction of sp³-hybridized carbons (Fsp3) is 0.100. The van der Waals surface area contributed by atoms with Gasteiger partial charge in [0.2, 0.25) is 10.0 Å². The molecule has 0 aromatic heterocycles. The summed E-state index contributed by atoms with van der Waals surface area (Å²) >= 11 is 5.80. The van der Waals surface area contributed by atoms with Crippen LogP contribution in [0.25, 0.3) is 0 Å². The Bertz CT molecular complexity index is 1030. The maximum Gasteiger partial charge on any atom is 0.288 e. The summed E-state index contributed by atoms with van der Waals surface area (Å²) in [5.74, 6) is -0.402. The van der Waals surface area contributed by atoms with Crippen LogP contribution in [0.1, 0.15) is 22.7 Å². The number of rotatable bonds is 7. The molecule has 0 amide bonds. The van der Waals surface area contributed by atoms with Crippen LogP contribution in [-0.2, 0) is 15.8 Å². The zero-order valence-electron chi connectivity index (χ0n) is 14.7. The van der Waals surface area contributed by atoms with Gasteiger partial charge in [0, 0.05) is 6.07 Å². The third kappa shape index (κ3) is 4.95. The molecule has 28 heavy (non-hydrogen) atoms. The third-order valence-corrected chi connectivity index (χ3v) is 5.75. The van der Waals surface area contributed by atoms with Crippen LogP contribution in [0.4, 0.5) is 5.69 Å². The lowest BCUT2D eigenvalue weighted by Gasteiger charge is -2.20. The van der Waals surface area contributed by atoms with Gasteiger partial charge in [-0.1, -0.05) is 78.3 Å². The molecule has 0 radical (unpaired) electrons. The Balaban J connectivity index is 1.90. The quantitative estimate of drug-likeness (QED) is 0.455. The van der Waals surface area contributed by atoms with Crippen LogP contribution in [0.15, 0.2) is 78.9 Å². The molecule has 0 saturated heterocycles. The number of hydrogen-bond donors (Lipinski definition) is 1. The number of nitro groups is 1. The molecule has 3 rings (SSSR count). The predicted molar refractivity (Wildman–Crippen MR) is 109 cm³/mol. The lowest BCUT2D eigenvalue weighted by molar-refractivity contribution is -0.384. The van der Waals surface area contributed by atoms with Crippen molar-refractivity contribution in [3.8, 4) is 0 Å². The van der Waals surface area contributed by atoms with Gasteiger partial charge in [-0.25, -0.2) is 13.1 Å². The molecular weight excluding hydrogens is 400 g/mol. The van der Waals surface area contributed by atoms with E-state index in [9.17, 15) is 18.5 Å². The van der Waals surface area contributed by atoms with Crippen molar-refractivity contribution in [1.82, 2.24) is 4.72 Å². The van der Waals surface area contributed by atoms with Crippen LogP contribution in [0.3, 0.4) is 0 Å². The molecule has 3 aromatic rings. The van der Waals surface area contributed by atoms with Crippen molar-refractivity contribution in [2.75, 3.05) is 0 Å². The zero-order valence-corrected chi connectivity index (χ0v) is 16.2. The van der Waals surface area contributed by atoms with E-state index in [1.165, 1.54) is 18.2 Å². The van der Waals surface area contributed by atoms with Crippen LogP contribution in [0.2, 0.25) is 5.02 Å². The summed E-state index contributed by atoms with van der Waals surface area (Å²) in [6.45, 7) is 0.